The van der Waals surface area contributed by atoms with Gasteiger partial charge >= 0.3 is 11.9 Å². The van der Waals surface area contributed by atoms with E-state index in [0.29, 0.717) is 6.42 Å². The first-order valence-corrected chi connectivity index (χ1v) is 6.91. The van der Waals surface area contributed by atoms with E-state index in [0.717, 1.165) is 0 Å². The average Bonchev–Trinajstić information content (AvgIpc) is 2.41. The predicted molar refractivity (Wildman–Crippen MR) is 76.9 cm³/mol. The molecule has 0 radical (unpaired) electrons. The molecule has 4 unspecified atom stereocenters. The van der Waals surface area contributed by atoms with Crippen LogP contribution in [0, 0.1) is 5.92 Å². The van der Waals surface area contributed by atoms with Crippen molar-refractivity contribution in [1.29, 1.82) is 0 Å². The van der Waals surface area contributed by atoms with Crippen LogP contribution >= 0.6 is 0 Å². The second-order valence-corrected chi connectivity index (χ2v) is 5.16. The molecule has 2 amide bonds. The zero-order valence-corrected chi connectivity index (χ0v) is 12.8. The molecule has 0 aliphatic heterocycles. The molecule has 0 heterocycles. The van der Waals surface area contributed by atoms with Crippen LogP contribution in [0.5, 0.6) is 0 Å². The van der Waals surface area contributed by atoms with Gasteiger partial charge in [-0.3, -0.25) is 14.4 Å². The summed E-state index contributed by atoms with van der Waals surface area (Å²) < 4.78 is 0. The van der Waals surface area contributed by atoms with E-state index in [-0.39, 0.29) is 5.92 Å². The van der Waals surface area contributed by atoms with Crippen molar-refractivity contribution in [3.05, 3.63) is 0 Å². The average molecular weight is 317 g/mol. The standard InChI is InChI=1S/C13H23N3O6/c1-4-6(2)10(13(21)22)16-12(20)8(5-9(17)18)15-11(19)7(3)14/h6-8,10H,4-5,14H2,1-3H3,(H,15,19)(H,16,20)(H,17,18)(H,21,22). The van der Waals surface area contributed by atoms with Gasteiger partial charge in [0.1, 0.15) is 12.1 Å². The predicted octanol–water partition coefficient (Wildman–Crippen LogP) is -1.09. The number of hydrogen-bond donors (Lipinski definition) is 5. The number of carbonyl (C=O) groups excluding carboxylic acids is 2. The Bertz CT molecular complexity index is 437. The van der Waals surface area contributed by atoms with Crippen molar-refractivity contribution in [3.63, 3.8) is 0 Å². The number of aliphatic carboxylic acids is 2. The van der Waals surface area contributed by atoms with E-state index in [1.165, 1.54) is 6.92 Å². The Labute approximate surface area is 128 Å². The number of nitrogens with two attached hydrogens (primary N) is 1. The lowest BCUT2D eigenvalue weighted by atomic mass is 9.98. The van der Waals surface area contributed by atoms with Crippen molar-refractivity contribution in [2.45, 2.75) is 51.7 Å². The van der Waals surface area contributed by atoms with E-state index in [1.807, 2.05) is 0 Å². The quantitative estimate of drug-likeness (QED) is 0.361. The zero-order chi connectivity index (χ0) is 17.4. The van der Waals surface area contributed by atoms with Gasteiger partial charge in [0.25, 0.3) is 0 Å². The van der Waals surface area contributed by atoms with Gasteiger partial charge in [-0.25, -0.2) is 4.79 Å². The highest BCUT2D eigenvalue weighted by Crippen LogP contribution is 2.08. The SMILES string of the molecule is CCC(C)C(NC(=O)C(CC(=O)O)NC(=O)C(C)N)C(=O)O. The Hall–Kier alpha value is -2.16. The number of hydrogen-bond acceptors (Lipinski definition) is 5. The molecule has 0 fully saturated rings. The normalized spacial score (nSPS) is 16.0. The van der Waals surface area contributed by atoms with Crippen molar-refractivity contribution >= 4 is 23.8 Å². The highest BCUT2D eigenvalue weighted by Gasteiger charge is 2.31. The van der Waals surface area contributed by atoms with E-state index in [4.69, 9.17) is 15.9 Å². The molecule has 0 aromatic rings. The molecule has 4 atom stereocenters. The fraction of sp³-hybridized carbons (Fsp3) is 0.692. The van der Waals surface area contributed by atoms with Crippen molar-refractivity contribution in [3.8, 4) is 0 Å². The van der Waals surface area contributed by atoms with Gasteiger partial charge in [-0.15, -0.1) is 0 Å². The second kappa shape index (κ2) is 8.98. The minimum Gasteiger partial charge on any atom is -0.481 e. The van der Waals surface area contributed by atoms with E-state index < -0.39 is 48.3 Å². The Kier molecular flexibility index (Phi) is 8.10. The van der Waals surface area contributed by atoms with Crippen molar-refractivity contribution in [2.24, 2.45) is 11.7 Å². The lowest BCUT2D eigenvalue weighted by Crippen LogP contribution is -2.55. The van der Waals surface area contributed by atoms with Crippen LogP contribution < -0.4 is 16.4 Å². The molecule has 126 valence electrons. The summed E-state index contributed by atoms with van der Waals surface area (Å²) in [5.41, 5.74) is 5.35. The molecule has 0 aliphatic carbocycles. The van der Waals surface area contributed by atoms with E-state index in [1.54, 1.807) is 13.8 Å². The number of carboxylic acids is 2. The Balaban J connectivity index is 5.05. The Morgan fingerprint density at radius 3 is 1.95 bits per heavy atom. The van der Waals surface area contributed by atoms with Crippen LogP contribution in [0.2, 0.25) is 0 Å². The van der Waals surface area contributed by atoms with Crippen LogP contribution in [0.15, 0.2) is 0 Å². The molecular formula is C13H23N3O6. The summed E-state index contributed by atoms with van der Waals surface area (Å²) in [6.07, 6.45) is -0.163. The van der Waals surface area contributed by atoms with Gasteiger partial charge in [0.2, 0.25) is 11.8 Å². The molecule has 0 bridgehead atoms. The third-order valence-electron chi connectivity index (χ3n) is 3.20. The molecule has 0 spiro atoms. The number of carbonyl (C=O) groups is 4. The van der Waals surface area contributed by atoms with Gasteiger partial charge in [0, 0.05) is 0 Å². The molecule has 0 aliphatic rings. The third-order valence-corrected chi connectivity index (χ3v) is 3.20. The van der Waals surface area contributed by atoms with Gasteiger partial charge in [-0.05, 0) is 12.8 Å². The summed E-state index contributed by atoms with van der Waals surface area (Å²) >= 11 is 0. The highest BCUT2D eigenvalue weighted by molar-refractivity contribution is 5.93. The lowest BCUT2D eigenvalue weighted by molar-refractivity contribution is -0.144. The number of amides is 2. The van der Waals surface area contributed by atoms with Crippen LogP contribution in [-0.4, -0.2) is 52.1 Å². The molecule has 9 heteroatoms. The van der Waals surface area contributed by atoms with Crippen molar-refractivity contribution in [2.75, 3.05) is 0 Å². The molecule has 0 saturated heterocycles. The maximum absolute atomic E-state index is 12.1. The fourth-order valence-corrected chi connectivity index (χ4v) is 1.62. The molecule has 0 aromatic heterocycles. The summed E-state index contributed by atoms with van der Waals surface area (Å²) in [6.45, 7) is 4.79. The molecule has 9 nitrogen and oxygen atoms in total. The summed E-state index contributed by atoms with van der Waals surface area (Å²) in [5, 5.41) is 22.4. The van der Waals surface area contributed by atoms with Crippen molar-refractivity contribution < 1.29 is 29.4 Å². The molecule has 22 heavy (non-hydrogen) atoms. The van der Waals surface area contributed by atoms with Crippen LogP contribution in [-0.2, 0) is 19.2 Å². The summed E-state index contributed by atoms with van der Waals surface area (Å²) in [5.74, 6) is -4.45. The minimum atomic E-state index is -1.39. The smallest absolute Gasteiger partial charge is 0.326 e. The van der Waals surface area contributed by atoms with E-state index >= 15 is 0 Å². The van der Waals surface area contributed by atoms with Crippen LogP contribution in [0.4, 0.5) is 0 Å². The lowest BCUT2D eigenvalue weighted by Gasteiger charge is -2.24. The number of nitrogens with one attached hydrogen (secondary N) is 2. The second-order valence-electron chi connectivity index (χ2n) is 5.16. The number of rotatable bonds is 9. The van der Waals surface area contributed by atoms with E-state index in [2.05, 4.69) is 10.6 Å². The van der Waals surface area contributed by atoms with Gasteiger partial charge in [0.15, 0.2) is 0 Å². The van der Waals surface area contributed by atoms with Gasteiger partial charge in [-0.1, -0.05) is 20.3 Å². The Morgan fingerprint density at radius 1 is 1.05 bits per heavy atom. The van der Waals surface area contributed by atoms with Crippen LogP contribution in [0.25, 0.3) is 0 Å². The fourth-order valence-electron chi connectivity index (χ4n) is 1.62. The number of carboxylic acid groups (broad SMARTS) is 2. The topological polar surface area (TPSA) is 159 Å². The molecule has 0 aromatic carbocycles. The maximum atomic E-state index is 12.1. The van der Waals surface area contributed by atoms with Crippen molar-refractivity contribution in [1.82, 2.24) is 10.6 Å². The molecular weight excluding hydrogens is 294 g/mol. The molecule has 0 saturated carbocycles. The monoisotopic (exact) mass is 317 g/mol. The molecule has 6 N–H and O–H groups in total. The zero-order valence-electron chi connectivity index (χ0n) is 12.8. The van der Waals surface area contributed by atoms with Gasteiger partial charge in [-0.2, -0.15) is 0 Å². The largest absolute Gasteiger partial charge is 0.481 e. The van der Waals surface area contributed by atoms with Crippen LogP contribution in [0.1, 0.15) is 33.6 Å². The highest BCUT2D eigenvalue weighted by atomic mass is 16.4. The van der Waals surface area contributed by atoms with E-state index in [9.17, 15) is 19.2 Å². The summed E-state index contributed by atoms with van der Waals surface area (Å²) in [4.78, 5) is 45.6. The first kappa shape index (κ1) is 19.8. The maximum Gasteiger partial charge on any atom is 0.326 e. The summed E-state index contributed by atoms with van der Waals surface area (Å²) in [6, 6.07) is -3.48. The Morgan fingerprint density at radius 2 is 1.59 bits per heavy atom. The summed E-state index contributed by atoms with van der Waals surface area (Å²) in [7, 11) is 0. The molecule has 0 rings (SSSR count). The minimum absolute atomic E-state index is 0.351. The van der Waals surface area contributed by atoms with Gasteiger partial charge in [0.05, 0.1) is 12.5 Å². The third kappa shape index (κ3) is 6.53. The van der Waals surface area contributed by atoms with Crippen LogP contribution in [0.3, 0.4) is 0 Å². The van der Waals surface area contributed by atoms with Gasteiger partial charge < -0.3 is 26.6 Å². The first-order valence-electron chi connectivity index (χ1n) is 6.91. The first-order chi connectivity index (χ1) is 10.1.